The number of nitrogens with zero attached hydrogens (tertiary/aromatic N) is 4. The van der Waals surface area contributed by atoms with Gasteiger partial charge in [0.1, 0.15) is 5.82 Å². The van der Waals surface area contributed by atoms with E-state index < -0.39 is 5.82 Å². The SMILES string of the molecule is CN(CCc1ccccn1)[C@@H]1CCN(C(=O)c2cc(Cc3n[nH]c(=O)c4ccccc34)ccc2F)C1. The standard InChI is InChI=1S/C28H28FN5O2/c1-33(14-11-20-6-4-5-13-30-20)21-12-15-34(18-21)28(36)24-16-19(9-10-25(24)29)17-26-22-7-2-3-8-23(22)27(35)32-31-26/h2-10,13,16,21H,11-12,14-15,17-18H2,1H3,(H,32,35)/t21-/m1/s1. The average molecular weight is 486 g/mol. The summed E-state index contributed by atoms with van der Waals surface area (Å²) in [4.78, 5) is 33.7. The molecule has 0 unspecified atom stereocenters. The Labute approximate surface area is 208 Å². The lowest BCUT2D eigenvalue weighted by molar-refractivity contribution is 0.0775. The molecule has 1 N–H and O–H groups in total. The van der Waals surface area contributed by atoms with Gasteiger partial charge in [0.2, 0.25) is 0 Å². The maximum absolute atomic E-state index is 14.8. The van der Waals surface area contributed by atoms with Crippen molar-refractivity contribution in [3.05, 3.63) is 106 Å². The maximum atomic E-state index is 14.8. The first kappa shape index (κ1) is 23.8. The van der Waals surface area contributed by atoms with Crippen LogP contribution < -0.4 is 5.56 Å². The second-order valence-electron chi connectivity index (χ2n) is 9.28. The minimum atomic E-state index is -0.532. The average Bonchev–Trinajstić information content (AvgIpc) is 3.41. The number of benzene rings is 2. The zero-order valence-electron chi connectivity index (χ0n) is 20.2. The zero-order valence-corrected chi connectivity index (χ0v) is 20.2. The fraction of sp³-hybridized carbons (Fsp3) is 0.286. The number of rotatable bonds is 7. The Morgan fingerprint density at radius 2 is 1.94 bits per heavy atom. The van der Waals surface area contributed by atoms with Gasteiger partial charge in [0.25, 0.3) is 11.5 Å². The first-order valence-electron chi connectivity index (χ1n) is 12.1. The molecular formula is C28H28FN5O2. The summed E-state index contributed by atoms with van der Waals surface area (Å²) in [6.45, 7) is 1.99. The summed E-state index contributed by atoms with van der Waals surface area (Å²) in [5.41, 5.74) is 2.29. The van der Waals surface area contributed by atoms with Gasteiger partial charge in [-0.15, -0.1) is 0 Å². The van der Waals surface area contributed by atoms with Crippen LogP contribution in [0.3, 0.4) is 0 Å². The number of likely N-dealkylation sites (tertiary alicyclic amines) is 1. The topological polar surface area (TPSA) is 82.2 Å². The number of amides is 1. The first-order chi connectivity index (χ1) is 17.5. The number of carbonyl (C=O) groups excluding carboxylic acids is 1. The summed E-state index contributed by atoms with van der Waals surface area (Å²) in [5, 5.41) is 8.03. The summed E-state index contributed by atoms with van der Waals surface area (Å²) in [7, 11) is 2.06. The monoisotopic (exact) mass is 485 g/mol. The quantitative estimate of drug-likeness (QED) is 0.434. The van der Waals surface area contributed by atoms with Crippen molar-refractivity contribution < 1.29 is 9.18 Å². The molecule has 0 aliphatic carbocycles. The number of pyridine rings is 1. The van der Waals surface area contributed by atoms with E-state index in [1.54, 1.807) is 35.4 Å². The van der Waals surface area contributed by atoms with E-state index in [1.165, 1.54) is 6.07 Å². The van der Waals surface area contributed by atoms with Crippen molar-refractivity contribution in [3.63, 3.8) is 0 Å². The van der Waals surface area contributed by atoms with Crippen molar-refractivity contribution in [1.82, 2.24) is 25.0 Å². The van der Waals surface area contributed by atoms with E-state index in [2.05, 4.69) is 27.1 Å². The molecule has 0 saturated carbocycles. The van der Waals surface area contributed by atoms with Crippen molar-refractivity contribution in [3.8, 4) is 0 Å². The van der Waals surface area contributed by atoms with Crippen LogP contribution in [0.4, 0.5) is 4.39 Å². The minimum Gasteiger partial charge on any atom is -0.337 e. The van der Waals surface area contributed by atoms with Crippen LogP contribution in [0.2, 0.25) is 0 Å². The van der Waals surface area contributed by atoms with Crippen molar-refractivity contribution in [2.24, 2.45) is 0 Å². The van der Waals surface area contributed by atoms with Crippen molar-refractivity contribution in [2.75, 3.05) is 26.7 Å². The summed E-state index contributed by atoms with van der Waals surface area (Å²) in [6, 6.07) is 18.0. The number of H-pyrrole nitrogens is 1. The summed E-state index contributed by atoms with van der Waals surface area (Å²) < 4.78 is 14.8. The van der Waals surface area contributed by atoms with Gasteiger partial charge in [0.05, 0.1) is 16.6 Å². The highest BCUT2D eigenvalue weighted by Crippen LogP contribution is 2.22. The van der Waals surface area contributed by atoms with Crippen LogP contribution in [0.1, 0.15) is 33.7 Å². The summed E-state index contributed by atoms with van der Waals surface area (Å²) in [6.07, 6.45) is 3.85. The Hall–Kier alpha value is -3.91. The van der Waals surface area contributed by atoms with Gasteiger partial charge in [-0.25, -0.2) is 9.49 Å². The van der Waals surface area contributed by atoms with Crippen LogP contribution in [0.15, 0.2) is 71.7 Å². The fourth-order valence-corrected chi connectivity index (χ4v) is 4.82. The van der Waals surface area contributed by atoms with E-state index in [1.807, 2.05) is 30.3 Å². The molecule has 8 heteroatoms. The van der Waals surface area contributed by atoms with Crippen LogP contribution >= 0.6 is 0 Å². The molecule has 3 heterocycles. The van der Waals surface area contributed by atoms with Gasteiger partial charge in [-0.2, -0.15) is 5.10 Å². The third-order valence-electron chi connectivity index (χ3n) is 6.93. The number of hydrogen-bond acceptors (Lipinski definition) is 5. The first-order valence-corrected chi connectivity index (χ1v) is 12.1. The van der Waals surface area contributed by atoms with Crippen LogP contribution in [-0.2, 0) is 12.8 Å². The Morgan fingerprint density at radius 3 is 2.75 bits per heavy atom. The Balaban J connectivity index is 1.28. The number of likely N-dealkylation sites (N-methyl/N-ethyl adjacent to an activating group) is 1. The molecule has 1 saturated heterocycles. The lowest BCUT2D eigenvalue weighted by Gasteiger charge is -2.24. The lowest BCUT2D eigenvalue weighted by Crippen LogP contribution is -2.37. The van der Waals surface area contributed by atoms with Crippen LogP contribution in [0.25, 0.3) is 10.8 Å². The normalized spacial score (nSPS) is 15.6. The molecule has 1 fully saturated rings. The van der Waals surface area contributed by atoms with Crippen molar-refractivity contribution in [1.29, 1.82) is 0 Å². The molecule has 1 amide bonds. The summed E-state index contributed by atoms with van der Waals surface area (Å²) in [5.74, 6) is -0.829. The number of nitrogens with one attached hydrogen (secondary N) is 1. The van der Waals surface area contributed by atoms with Gasteiger partial charge in [-0.1, -0.05) is 30.3 Å². The molecule has 4 aromatic rings. The molecule has 5 rings (SSSR count). The minimum absolute atomic E-state index is 0.0676. The van der Waals surface area contributed by atoms with Gasteiger partial charge in [-0.05, 0) is 49.4 Å². The van der Waals surface area contributed by atoms with E-state index in [9.17, 15) is 14.0 Å². The second kappa shape index (κ2) is 10.4. The highest BCUT2D eigenvalue weighted by Gasteiger charge is 2.30. The molecule has 0 spiro atoms. The van der Waals surface area contributed by atoms with Crippen LogP contribution in [0.5, 0.6) is 0 Å². The van der Waals surface area contributed by atoms with E-state index >= 15 is 0 Å². The summed E-state index contributed by atoms with van der Waals surface area (Å²) >= 11 is 0. The number of aromatic nitrogens is 3. The Kier molecular flexibility index (Phi) is 6.86. The third kappa shape index (κ3) is 5.04. The Bertz CT molecular complexity index is 1440. The van der Waals surface area contributed by atoms with E-state index in [-0.39, 0.29) is 23.1 Å². The molecular weight excluding hydrogens is 457 g/mol. The molecule has 1 aliphatic rings. The lowest BCUT2D eigenvalue weighted by atomic mass is 10.0. The number of hydrogen-bond donors (Lipinski definition) is 1. The molecule has 2 aromatic carbocycles. The van der Waals surface area contributed by atoms with Crippen molar-refractivity contribution in [2.45, 2.75) is 25.3 Å². The van der Waals surface area contributed by atoms with Gasteiger partial charge in [0, 0.05) is 55.8 Å². The number of carbonyl (C=O) groups is 1. The smallest absolute Gasteiger partial charge is 0.272 e. The second-order valence-corrected chi connectivity index (χ2v) is 9.28. The van der Waals surface area contributed by atoms with E-state index in [0.717, 1.165) is 36.0 Å². The molecule has 7 nitrogen and oxygen atoms in total. The predicted molar refractivity (Wildman–Crippen MR) is 136 cm³/mol. The third-order valence-corrected chi connectivity index (χ3v) is 6.93. The van der Waals surface area contributed by atoms with Crippen LogP contribution in [-0.4, -0.2) is 63.6 Å². The number of halogens is 1. The molecule has 0 radical (unpaired) electrons. The van der Waals surface area contributed by atoms with Gasteiger partial charge in [-0.3, -0.25) is 14.6 Å². The van der Waals surface area contributed by atoms with E-state index in [4.69, 9.17) is 0 Å². The zero-order chi connectivity index (χ0) is 25.1. The highest BCUT2D eigenvalue weighted by atomic mass is 19.1. The molecule has 2 aromatic heterocycles. The largest absolute Gasteiger partial charge is 0.337 e. The highest BCUT2D eigenvalue weighted by molar-refractivity contribution is 5.95. The van der Waals surface area contributed by atoms with Gasteiger partial charge >= 0.3 is 0 Å². The predicted octanol–water partition coefficient (Wildman–Crippen LogP) is 3.44. The molecule has 0 bridgehead atoms. The van der Waals surface area contributed by atoms with Gasteiger partial charge in [0.15, 0.2) is 0 Å². The molecule has 36 heavy (non-hydrogen) atoms. The van der Waals surface area contributed by atoms with Gasteiger partial charge < -0.3 is 9.80 Å². The molecule has 1 aliphatic heterocycles. The number of fused-ring (bicyclic) bond motifs is 1. The Morgan fingerprint density at radius 1 is 1.14 bits per heavy atom. The fourth-order valence-electron chi connectivity index (χ4n) is 4.82. The van der Waals surface area contributed by atoms with Crippen LogP contribution in [0, 0.1) is 5.82 Å². The van der Waals surface area contributed by atoms with E-state index in [0.29, 0.717) is 30.6 Å². The number of aromatic amines is 1. The molecule has 184 valence electrons. The molecule has 1 atom stereocenters. The maximum Gasteiger partial charge on any atom is 0.272 e. The van der Waals surface area contributed by atoms with Crippen molar-refractivity contribution >= 4 is 16.7 Å².